The number of esters is 3. The maximum atomic E-state index is 12.8. The molecular formula is C70H118O6. The summed E-state index contributed by atoms with van der Waals surface area (Å²) < 4.78 is 16.8. The lowest BCUT2D eigenvalue weighted by atomic mass is 10.0. The van der Waals surface area contributed by atoms with Crippen LogP contribution in [-0.2, 0) is 28.6 Å². The van der Waals surface area contributed by atoms with Crippen molar-refractivity contribution >= 4 is 17.9 Å². The van der Waals surface area contributed by atoms with Gasteiger partial charge in [0.15, 0.2) is 6.10 Å². The zero-order valence-corrected chi connectivity index (χ0v) is 49.7. The SMILES string of the molecule is CC/C=C\C/C=C\C/C=C\C/C=C\CCCCCCCCCCCCCCCCCCCCCCCCC(=O)OCC(COC(=O)CCCCCCC/C=C\CCC)OC(=O)CC/C=C\C/C=C\C/C=C\C/C=C\CC. The van der Waals surface area contributed by atoms with Gasteiger partial charge in [0.1, 0.15) is 13.2 Å². The van der Waals surface area contributed by atoms with Crippen LogP contribution >= 0.6 is 0 Å². The van der Waals surface area contributed by atoms with E-state index in [2.05, 4.69) is 118 Å². The number of rotatable bonds is 57. The second kappa shape index (κ2) is 63.6. The minimum atomic E-state index is -0.817. The maximum Gasteiger partial charge on any atom is 0.306 e. The second-order valence-electron chi connectivity index (χ2n) is 20.9. The summed E-state index contributed by atoms with van der Waals surface area (Å²) in [5, 5.41) is 0. The fraction of sp³-hybridized carbons (Fsp3) is 0.700. The van der Waals surface area contributed by atoms with Gasteiger partial charge in [-0.05, 0) is 103 Å². The smallest absolute Gasteiger partial charge is 0.306 e. The molecule has 76 heavy (non-hydrogen) atoms. The molecular weight excluding hydrogens is 937 g/mol. The van der Waals surface area contributed by atoms with Crippen LogP contribution in [0, 0.1) is 0 Å². The molecule has 0 aliphatic carbocycles. The van der Waals surface area contributed by atoms with Gasteiger partial charge in [0.05, 0.1) is 0 Å². The topological polar surface area (TPSA) is 78.9 Å². The van der Waals surface area contributed by atoms with Gasteiger partial charge >= 0.3 is 17.9 Å². The lowest BCUT2D eigenvalue weighted by Crippen LogP contribution is -2.30. The predicted octanol–water partition coefficient (Wildman–Crippen LogP) is 21.8. The molecule has 434 valence electrons. The number of ether oxygens (including phenoxy) is 3. The van der Waals surface area contributed by atoms with Crippen molar-refractivity contribution in [1.29, 1.82) is 0 Å². The van der Waals surface area contributed by atoms with E-state index < -0.39 is 12.1 Å². The van der Waals surface area contributed by atoms with Crippen LogP contribution in [0.15, 0.2) is 109 Å². The first kappa shape index (κ1) is 72.1. The van der Waals surface area contributed by atoms with E-state index in [0.29, 0.717) is 19.3 Å². The van der Waals surface area contributed by atoms with Gasteiger partial charge in [0.25, 0.3) is 0 Å². The van der Waals surface area contributed by atoms with Gasteiger partial charge in [-0.15, -0.1) is 0 Å². The van der Waals surface area contributed by atoms with E-state index in [-0.39, 0.29) is 31.6 Å². The van der Waals surface area contributed by atoms with Crippen LogP contribution in [-0.4, -0.2) is 37.2 Å². The number of hydrogen-bond acceptors (Lipinski definition) is 6. The first-order valence-electron chi connectivity index (χ1n) is 31.9. The second-order valence-corrected chi connectivity index (χ2v) is 20.9. The Bertz CT molecular complexity index is 1540. The molecule has 1 unspecified atom stereocenters. The monoisotopic (exact) mass is 1050 g/mol. The van der Waals surface area contributed by atoms with Gasteiger partial charge in [-0.3, -0.25) is 14.4 Å². The molecule has 0 heterocycles. The van der Waals surface area contributed by atoms with E-state index in [1.165, 1.54) is 141 Å². The van der Waals surface area contributed by atoms with Gasteiger partial charge in [-0.2, -0.15) is 0 Å². The van der Waals surface area contributed by atoms with Gasteiger partial charge in [-0.25, -0.2) is 0 Å². The van der Waals surface area contributed by atoms with E-state index in [4.69, 9.17) is 14.2 Å². The fourth-order valence-electron chi connectivity index (χ4n) is 8.80. The van der Waals surface area contributed by atoms with Crippen LogP contribution in [0.25, 0.3) is 0 Å². The predicted molar refractivity (Wildman–Crippen MR) is 330 cm³/mol. The van der Waals surface area contributed by atoms with Crippen molar-refractivity contribution in [3.63, 3.8) is 0 Å². The Kier molecular flexibility index (Phi) is 60.3. The summed E-state index contributed by atoms with van der Waals surface area (Å²) in [6, 6.07) is 0. The zero-order chi connectivity index (χ0) is 55.0. The molecule has 0 amide bonds. The fourth-order valence-corrected chi connectivity index (χ4v) is 8.80. The maximum absolute atomic E-state index is 12.8. The molecule has 0 aromatic heterocycles. The highest BCUT2D eigenvalue weighted by molar-refractivity contribution is 5.71. The first-order valence-corrected chi connectivity index (χ1v) is 31.9. The molecule has 0 aromatic rings. The molecule has 6 nitrogen and oxygen atoms in total. The van der Waals surface area contributed by atoms with Crippen molar-refractivity contribution < 1.29 is 28.6 Å². The van der Waals surface area contributed by atoms with Crippen LogP contribution in [0.2, 0.25) is 0 Å². The number of carbonyl (C=O) groups excluding carboxylic acids is 3. The summed E-state index contributed by atoms with van der Waals surface area (Å²) >= 11 is 0. The molecule has 0 aliphatic rings. The highest BCUT2D eigenvalue weighted by Crippen LogP contribution is 2.17. The molecule has 0 fully saturated rings. The van der Waals surface area contributed by atoms with E-state index >= 15 is 0 Å². The lowest BCUT2D eigenvalue weighted by Gasteiger charge is -2.18. The summed E-state index contributed by atoms with van der Waals surface area (Å²) in [5.41, 5.74) is 0. The van der Waals surface area contributed by atoms with E-state index in [1.807, 2.05) is 12.2 Å². The Hall–Kier alpha value is -3.93. The molecule has 0 radical (unpaired) electrons. The molecule has 1 atom stereocenters. The third-order valence-electron chi connectivity index (χ3n) is 13.5. The largest absolute Gasteiger partial charge is 0.462 e. The van der Waals surface area contributed by atoms with Crippen LogP contribution < -0.4 is 0 Å². The third-order valence-corrected chi connectivity index (χ3v) is 13.5. The Morgan fingerprint density at radius 1 is 0.276 bits per heavy atom. The number of unbranched alkanes of at least 4 members (excludes halogenated alkanes) is 28. The Balaban J connectivity index is 4.04. The van der Waals surface area contributed by atoms with Crippen LogP contribution in [0.3, 0.4) is 0 Å². The number of hydrogen-bond donors (Lipinski definition) is 0. The standard InChI is InChI=1S/C70H118O6/c1-4-7-10-13-16-19-22-24-25-26-27-28-29-30-31-32-33-34-35-36-37-38-39-40-41-42-43-44-45-47-48-51-54-57-60-63-69(72)75-66-67(65-74-68(71)62-59-56-53-50-21-18-15-12-9-6-3)76-70(73)64-61-58-55-52-49-46-23-20-17-14-11-8-5-2/h7-8,10-12,15-17,19-20,24-25,27-28,46,49,55,58,67H,4-6,9,13-14,18,21-23,26,29-45,47-48,50-54,56-57,59-66H2,1-3H3/b10-7-,11-8-,15-12-,19-16-,20-17-,25-24-,28-27-,49-46-,58-55-. The van der Waals surface area contributed by atoms with Crippen molar-refractivity contribution in [2.75, 3.05) is 13.2 Å². The van der Waals surface area contributed by atoms with Crippen molar-refractivity contribution in [2.45, 2.75) is 303 Å². The van der Waals surface area contributed by atoms with Crippen molar-refractivity contribution in [2.24, 2.45) is 0 Å². The molecule has 0 N–H and O–H groups in total. The normalized spacial score (nSPS) is 12.8. The number of allylic oxidation sites excluding steroid dienone is 18. The van der Waals surface area contributed by atoms with Crippen LogP contribution in [0.1, 0.15) is 297 Å². The molecule has 0 bridgehead atoms. The summed E-state index contributed by atoms with van der Waals surface area (Å²) in [6.07, 6.45) is 87.3. The number of carbonyl (C=O) groups is 3. The minimum Gasteiger partial charge on any atom is -0.462 e. The van der Waals surface area contributed by atoms with Crippen molar-refractivity contribution in [3.8, 4) is 0 Å². The molecule has 0 spiro atoms. The minimum absolute atomic E-state index is 0.107. The molecule has 6 heteroatoms. The van der Waals surface area contributed by atoms with E-state index in [0.717, 1.165) is 109 Å². The Morgan fingerprint density at radius 2 is 0.539 bits per heavy atom. The van der Waals surface area contributed by atoms with Crippen molar-refractivity contribution in [1.82, 2.24) is 0 Å². The van der Waals surface area contributed by atoms with Crippen LogP contribution in [0.4, 0.5) is 0 Å². The molecule has 0 aliphatic heterocycles. The van der Waals surface area contributed by atoms with Gasteiger partial charge in [0.2, 0.25) is 0 Å². The van der Waals surface area contributed by atoms with Gasteiger partial charge < -0.3 is 14.2 Å². The molecule has 0 aromatic carbocycles. The average Bonchev–Trinajstić information content (AvgIpc) is 3.42. The first-order chi connectivity index (χ1) is 37.5. The summed E-state index contributed by atoms with van der Waals surface area (Å²) in [6.45, 7) is 6.29. The highest BCUT2D eigenvalue weighted by Gasteiger charge is 2.19. The quantitative estimate of drug-likeness (QED) is 0.0261. The van der Waals surface area contributed by atoms with Gasteiger partial charge in [0, 0.05) is 19.3 Å². The highest BCUT2D eigenvalue weighted by atomic mass is 16.6. The van der Waals surface area contributed by atoms with Crippen LogP contribution in [0.5, 0.6) is 0 Å². The Labute approximate surface area is 470 Å². The van der Waals surface area contributed by atoms with Crippen molar-refractivity contribution in [3.05, 3.63) is 109 Å². The summed E-state index contributed by atoms with van der Waals surface area (Å²) in [4.78, 5) is 38.0. The molecule has 0 saturated heterocycles. The third kappa shape index (κ3) is 60.9. The Morgan fingerprint density at radius 3 is 0.868 bits per heavy atom. The molecule has 0 saturated carbocycles. The zero-order valence-electron chi connectivity index (χ0n) is 49.7. The summed E-state index contributed by atoms with van der Waals surface area (Å²) in [5.74, 6) is -0.995. The molecule has 0 rings (SSSR count). The van der Waals surface area contributed by atoms with E-state index in [9.17, 15) is 14.4 Å². The average molecular weight is 1060 g/mol. The lowest BCUT2D eigenvalue weighted by molar-refractivity contribution is -0.166. The van der Waals surface area contributed by atoms with E-state index in [1.54, 1.807) is 0 Å². The van der Waals surface area contributed by atoms with Gasteiger partial charge in [-0.1, -0.05) is 284 Å². The summed E-state index contributed by atoms with van der Waals surface area (Å²) in [7, 11) is 0.